The van der Waals surface area contributed by atoms with Crippen LogP contribution in [-0.4, -0.2) is 11.6 Å². The second-order valence-electron chi connectivity index (χ2n) is 8.89. The molecule has 140 valence electrons. The highest BCUT2D eigenvalue weighted by atomic mass is 16.1. The van der Waals surface area contributed by atoms with E-state index < -0.39 is 23.4 Å². The zero-order valence-electron chi connectivity index (χ0n) is 16.8. The van der Waals surface area contributed by atoms with Crippen molar-refractivity contribution < 1.29 is 9.59 Å². The molecule has 0 aromatic rings. The molecule has 0 fully saturated rings. The lowest BCUT2D eigenvalue weighted by atomic mass is 9.68. The molecule has 0 N–H and O–H groups in total. The maximum atomic E-state index is 12.0. The van der Waals surface area contributed by atoms with Crippen LogP contribution >= 0.6 is 0 Å². The van der Waals surface area contributed by atoms with Gasteiger partial charge in [0.25, 0.3) is 0 Å². The normalized spacial score (nSPS) is 21.4. The van der Waals surface area contributed by atoms with Crippen molar-refractivity contribution in [2.75, 3.05) is 0 Å². The molecule has 0 heterocycles. The Morgan fingerprint density at radius 3 is 2.15 bits per heavy atom. The monoisotopic (exact) mass is 354 g/mol. The van der Waals surface area contributed by atoms with Gasteiger partial charge in [0.1, 0.15) is 12.1 Å². The third-order valence-electron chi connectivity index (χ3n) is 5.71. The molecule has 0 saturated carbocycles. The van der Waals surface area contributed by atoms with Gasteiger partial charge in [0.05, 0.1) is 0 Å². The molecule has 0 bridgehead atoms. The van der Waals surface area contributed by atoms with Crippen LogP contribution in [0.4, 0.5) is 0 Å². The maximum absolute atomic E-state index is 12.0. The van der Waals surface area contributed by atoms with E-state index in [1.165, 1.54) is 5.57 Å². The molecular weight excluding hydrogens is 324 g/mol. The first-order valence-electron chi connectivity index (χ1n) is 9.18. The molecule has 0 radical (unpaired) electrons. The van der Waals surface area contributed by atoms with Gasteiger partial charge in [0.15, 0.2) is 0 Å². The molecule has 0 saturated heterocycles. The van der Waals surface area contributed by atoms with Crippen LogP contribution in [0.2, 0.25) is 0 Å². The number of nitrogens with zero attached hydrogens (tertiary/aromatic N) is 2. The van der Waals surface area contributed by atoms with Crippen LogP contribution in [-0.2, 0) is 9.59 Å². The topological polar surface area (TPSA) is 81.7 Å². The summed E-state index contributed by atoms with van der Waals surface area (Å²) in [6.45, 7) is 13.0. The van der Waals surface area contributed by atoms with Crippen molar-refractivity contribution in [3.05, 3.63) is 23.3 Å². The van der Waals surface area contributed by atoms with Gasteiger partial charge in [-0.1, -0.05) is 57.9 Å². The minimum Gasteiger partial charge on any atom is -0.282 e. The molecule has 1 rings (SSSR count). The summed E-state index contributed by atoms with van der Waals surface area (Å²) in [6.07, 6.45) is 6.88. The predicted octanol–water partition coefficient (Wildman–Crippen LogP) is 4.92. The fourth-order valence-corrected chi connectivity index (χ4v) is 3.30. The molecule has 4 heteroatoms. The Hall–Kier alpha value is -2.20. The number of nitriles is 2. The first kappa shape index (κ1) is 21.8. The first-order valence-corrected chi connectivity index (χ1v) is 9.18. The van der Waals surface area contributed by atoms with E-state index in [9.17, 15) is 9.59 Å². The summed E-state index contributed by atoms with van der Waals surface area (Å²) in [5.74, 6) is -2.58. The molecule has 0 spiro atoms. The lowest BCUT2D eigenvalue weighted by molar-refractivity contribution is -0.126. The van der Waals surface area contributed by atoms with Crippen molar-refractivity contribution in [3.8, 4) is 12.1 Å². The smallest absolute Gasteiger partial charge is 0.236 e. The van der Waals surface area contributed by atoms with Crippen LogP contribution in [0.5, 0.6) is 0 Å². The number of ketones is 2. The van der Waals surface area contributed by atoms with Crippen LogP contribution in [0.1, 0.15) is 67.2 Å². The standard InChI is InChI=1S/C22H30N2O2/c1-15(21(2,3)4)8-7-11-22(5,6)16-9-10-17(19(25)13-23)18(12-16)20(26)14-24/h8-9,17-18H,7,10-12H2,1-6H3/b15-8+. The summed E-state index contributed by atoms with van der Waals surface area (Å²) < 4.78 is 0. The van der Waals surface area contributed by atoms with Crippen molar-refractivity contribution in [1.29, 1.82) is 10.5 Å². The summed E-state index contributed by atoms with van der Waals surface area (Å²) in [5, 5.41) is 17.9. The van der Waals surface area contributed by atoms with Crippen LogP contribution in [0.25, 0.3) is 0 Å². The van der Waals surface area contributed by atoms with E-state index in [-0.39, 0.29) is 10.8 Å². The number of allylic oxidation sites excluding steroid dienone is 4. The van der Waals surface area contributed by atoms with Crippen molar-refractivity contribution in [2.45, 2.75) is 67.2 Å². The minimum atomic E-state index is -0.696. The Bertz CT molecular complexity index is 706. The molecule has 2 atom stereocenters. The number of hydrogen-bond acceptors (Lipinski definition) is 4. The lowest BCUT2D eigenvalue weighted by Crippen LogP contribution is -2.34. The Kier molecular flexibility index (Phi) is 7.10. The molecule has 2 unspecified atom stereocenters. The van der Waals surface area contributed by atoms with Gasteiger partial charge in [0, 0.05) is 11.8 Å². The Labute approximate surface area is 157 Å². The van der Waals surface area contributed by atoms with E-state index in [2.05, 4.69) is 47.6 Å². The molecule has 0 aromatic carbocycles. The number of Topliss-reactive ketones (excluding diaryl/α,β-unsaturated/α-hetero) is 2. The molecule has 4 nitrogen and oxygen atoms in total. The van der Waals surface area contributed by atoms with E-state index in [0.717, 1.165) is 18.4 Å². The number of hydrogen-bond donors (Lipinski definition) is 0. The van der Waals surface area contributed by atoms with Gasteiger partial charge in [-0.2, -0.15) is 10.5 Å². The summed E-state index contributed by atoms with van der Waals surface area (Å²) >= 11 is 0. The van der Waals surface area contributed by atoms with Gasteiger partial charge in [-0.05, 0) is 43.4 Å². The molecule has 0 aliphatic heterocycles. The van der Waals surface area contributed by atoms with E-state index in [1.807, 2.05) is 6.08 Å². The van der Waals surface area contributed by atoms with Crippen molar-refractivity contribution in [2.24, 2.45) is 22.7 Å². The summed E-state index contributed by atoms with van der Waals surface area (Å²) in [6, 6.07) is 3.27. The van der Waals surface area contributed by atoms with Gasteiger partial charge < -0.3 is 0 Å². The lowest BCUT2D eigenvalue weighted by Gasteiger charge is -2.35. The van der Waals surface area contributed by atoms with Crippen molar-refractivity contribution >= 4 is 11.6 Å². The first-order chi connectivity index (χ1) is 11.9. The molecular formula is C22H30N2O2. The molecule has 0 aromatic heterocycles. The highest BCUT2D eigenvalue weighted by Crippen LogP contribution is 2.42. The van der Waals surface area contributed by atoms with Crippen LogP contribution in [0, 0.1) is 45.3 Å². The number of rotatable bonds is 6. The summed E-state index contributed by atoms with van der Waals surface area (Å²) in [7, 11) is 0. The van der Waals surface area contributed by atoms with Crippen LogP contribution in [0.15, 0.2) is 23.3 Å². The largest absolute Gasteiger partial charge is 0.282 e. The van der Waals surface area contributed by atoms with E-state index in [0.29, 0.717) is 12.8 Å². The third kappa shape index (κ3) is 5.40. The van der Waals surface area contributed by atoms with Crippen LogP contribution < -0.4 is 0 Å². The Morgan fingerprint density at radius 2 is 1.65 bits per heavy atom. The van der Waals surface area contributed by atoms with Gasteiger partial charge in [-0.3, -0.25) is 9.59 Å². The van der Waals surface area contributed by atoms with E-state index in [4.69, 9.17) is 10.5 Å². The van der Waals surface area contributed by atoms with Crippen molar-refractivity contribution in [1.82, 2.24) is 0 Å². The Balaban J connectivity index is 2.95. The molecule has 1 aliphatic carbocycles. The summed E-state index contributed by atoms with van der Waals surface area (Å²) in [5.41, 5.74) is 2.49. The molecule has 1 aliphatic rings. The fourth-order valence-electron chi connectivity index (χ4n) is 3.30. The van der Waals surface area contributed by atoms with Crippen LogP contribution in [0.3, 0.4) is 0 Å². The maximum Gasteiger partial charge on any atom is 0.236 e. The zero-order valence-corrected chi connectivity index (χ0v) is 16.8. The molecule has 26 heavy (non-hydrogen) atoms. The van der Waals surface area contributed by atoms with Gasteiger partial charge in [-0.15, -0.1) is 0 Å². The zero-order chi connectivity index (χ0) is 20.1. The minimum absolute atomic E-state index is 0.122. The number of carbonyl (C=O) groups is 2. The highest BCUT2D eigenvalue weighted by Gasteiger charge is 2.39. The average molecular weight is 354 g/mol. The third-order valence-corrected chi connectivity index (χ3v) is 5.71. The van der Waals surface area contributed by atoms with Gasteiger partial charge in [-0.25, -0.2) is 0 Å². The second kappa shape index (κ2) is 8.45. The van der Waals surface area contributed by atoms with Crippen molar-refractivity contribution in [3.63, 3.8) is 0 Å². The van der Waals surface area contributed by atoms with E-state index >= 15 is 0 Å². The quantitative estimate of drug-likeness (QED) is 0.500. The highest BCUT2D eigenvalue weighted by molar-refractivity contribution is 6.03. The molecule has 0 amide bonds. The van der Waals surface area contributed by atoms with Gasteiger partial charge in [0.2, 0.25) is 11.6 Å². The predicted molar refractivity (Wildman–Crippen MR) is 102 cm³/mol. The SMILES string of the molecule is C/C(=C\CCC(C)(C)C1=CCC(C(=O)C#N)C(C(=O)C#N)C1)C(C)(C)C. The second-order valence-corrected chi connectivity index (χ2v) is 8.89. The number of carbonyl (C=O) groups excluding carboxylic acids is 2. The van der Waals surface area contributed by atoms with Gasteiger partial charge >= 0.3 is 0 Å². The Morgan fingerprint density at radius 1 is 1.12 bits per heavy atom. The van der Waals surface area contributed by atoms with E-state index in [1.54, 1.807) is 12.1 Å². The average Bonchev–Trinajstić information content (AvgIpc) is 2.58. The fraction of sp³-hybridized carbons (Fsp3) is 0.636. The summed E-state index contributed by atoms with van der Waals surface area (Å²) in [4.78, 5) is 23.9.